The summed E-state index contributed by atoms with van der Waals surface area (Å²) < 4.78 is 0. The first kappa shape index (κ1) is 11.3. The van der Waals surface area contributed by atoms with Crippen LogP contribution in [0, 0.1) is 0 Å². The van der Waals surface area contributed by atoms with E-state index in [1.807, 2.05) is 0 Å². The van der Waals surface area contributed by atoms with E-state index >= 15 is 0 Å². The van der Waals surface area contributed by atoms with Crippen LogP contribution in [0.1, 0.15) is 18.9 Å². The fraction of sp³-hybridized carbons (Fsp3) is 0.538. The van der Waals surface area contributed by atoms with Gasteiger partial charge in [0.05, 0.1) is 6.10 Å². The molecular formula is C13H20N2O. The zero-order valence-electron chi connectivity index (χ0n) is 10.0. The molecular weight excluding hydrogens is 200 g/mol. The molecule has 0 saturated heterocycles. The Morgan fingerprint density at radius 3 is 3.06 bits per heavy atom. The third-order valence-electron chi connectivity index (χ3n) is 3.03. The van der Waals surface area contributed by atoms with E-state index in [1.54, 1.807) is 6.92 Å². The Bertz CT molecular complexity index is 363. The van der Waals surface area contributed by atoms with Crippen LogP contribution in [-0.2, 0) is 6.42 Å². The molecule has 3 heteroatoms. The average molecular weight is 220 g/mol. The molecule has 0 radical (unpaired) electrons. The number of hydrogen-bond donors (Lipinski definition) is 2. The standard InChI is InChI=1S/C13H20N2O/c1-10(16)9-14-12-5-6-13-11(8-12)4-3-7-15(13)2/h5-6,8,10,14,16H,3-4,7,9H2,1-2H3. The Balaban J connectivity index is 2.12. The van der Waals surface area contributed by atoms with Gasteiger partial charge in [0, 0.05) is 31.5 Å². The third-order valence-corrected chi connectivity index (χ3v) is 3.03. The number of aliphatic hydroxyl groups is 1. The molecule has 1 atom stereocenters. The first-order valence-electron chi connectivity index (χ1n) is 5.93. The Hall–Kier alpha value is -1.22. The van der Waals surface area contributed by atoms with Gasteiger partial charge in [-0.15, -0.1) is 0 Å². The predicted octanol–water partition coefficient (Wildman–Crippen LogP) is 1.86. The first-order chi connectivity index (χ1) is 7.66. The van der Waals surface area contributed by atoms with Crippen molar-refractivity contribution in [1.82, 2.24) is 0 Å². The van der Waals surface area contributed by atoms with Gasteiger partial charge in [0.15, 0.2) is 0 Å². The fourth-order valence-corrected chi connectivity index (χ4v) is 2.16. The van der Waals surface area contributed by atoms with Crippen LogP contribution in [-0.4, -0.2) is 31.3 Å². The second-order valence-electron chi connectivity index (χ2n) is 4.60. The van der Waals surface area contributed by atoms with Crippen LogP contribution in [0.2, 0.25) is 0 Å². The normalized spacial score (nSPS) is 16.8. The van der Waals surface area contributed by atoms with Gasteiger partial charge in [0.2, 0.25) is 0 Å². The average Bonchev–Trinajstić information content (AvgIpc) is 2.26. The molecule has 1 aromatic rings. The maximum absolute atomic E-state index is 9.22. The van der Waals surface area contributed by atoms with Gasteiger partial charge >= 0.3 is 0 Å². The van der Waals surface area contributed by atoms with Crippen LogP contribution in [0.15, 0.2) is 18.2 Å². The number of benzene rings is 1. The van der Waals surface area contributed by atoms with E-state index in [1.165, 1.54) is 17.7 Å². The summed E-state index contributed by atoms with van der Waals surface area (Å²) in [6.07, 6.45) is 2.08. The Labute approximate surface area is 97.1 Å². The molecule has 0 amide bonds. The molecule has 0 fully saturated rings. The van der Waals surface area contributed by atoms with Crippen LogP contribution in [0.5, 0.6) is 0 Å². The Kier molecular flexibility index (Phi) is 3.34. The highest BCUT2D eigenvalue weighted by atomic mass is 16.3. The number of anilines is 2. The lowest BCUT2D eigenvalue weighted by atomic mass is 10.0. The molecule has 2 rings (SSSR count). The summed E-state index contributed by atoms with van der Waals surface area (Å²) in [7, 11) is 2.14. The number of nitrogens with one attached hydrogen (secondary N) is 1. The van der Waals surface area contributed by atoms with Crippen molar-refractivity contribution in [2.75, 3.05) is 30.4 Å². The molecule has 0 aliphatic carbocycles. The van der Waals surface area contributed by atoms with Crippen molar-refractivity contribution in [2.24, 2.45) is 0 Å². The molecule has 0 spiro atoms. The highest BCUT2D eigenvalue weighted by Gasteiger charge is 2.13. The first-order valence-corrected chi connectivity index (χ1v) is 5.93. The molecule has 16 heavy (non-hydrogen) atoms. The molecule has 88 valence electrons. The molecule has 2 N–H and O–H groups in total. The Morgan fingerprint density at radius 1 is 1.50 bits per heavy atom. The summed E-state index contributed by atoms with van der Waals surface area (Å²) in [5.74, 6) is 0. The van der Waals surface area contributed by atoms with Crippen LogP contribution < -0.4 is 10.2 Å². The molecule has 0 saturated carbocycles. The molecule has 0 aromatic heterocycles. The minimum absolute atomic E-state index is 0.307. The van der Waals surface area contributed by atoms with E-state index in [2.05, 4.69) is 35.5 Å². The van der Waals surface area contributed by atoms with E-state index in [0.717, 1.165) is 18.7 Å². The van der Waals surface area contributed by atoms with E-state index in [-0.39, 0.29) is 6.10 Å². The lowest BCUT2D eigenvalue weighted by Gasteiger charge is -2.28. The van der Waals surface area contributed by atoms with E-state index in [9.17, 15) is 5.11 Å². The van der Waals surface area contributed by atoms with E-state index in [4.69, 9.17) is 0 Å². The maximum atomic E-state index is 9.22. The van der Waals surface area contributed by atoms with E-state index < -0.39 is 0 Å². The predicted molar refractivity (Wildman–Crippen MR) is 68.2 cm³/mol. The molecule has 0 bridgehead atoms. The minimum Gasteiger partial charge on any atom is -0.392 e. The molecule has 1 aliphatic heterocycles. The monoisotopic (exact) mass is 220 g/mol. The van der Waals surface area contributed by atoms with Crippen LogP contribution in [0.25, 0.3) is 0 Å². The highest BCUT2D eigenvalue weighted by Crippen LogP contribution is 2.28. The lowest BCUT2D eigenvalue weighted by Crippen LogP contribution is -2.24. The summed E-state index contributed by atoms with van der Waals surface area (Å²) in [5, 5.41) is 12.5. The van der Waals surface area contributed by atoms with Gasteiger partial charge in [0.25, 0.3) is 0 Å². The number of aryl methyl sites for hydroxylation is 1. The van der Waals surface area contributed by atoms with Gasteiger partial charge in [-0.2, -0.15) is 0 Å². The van der Waals surface area contributed by atoms with Crippen LogP contribution in [0.4, 0.5) is 11.4 Å². The van der Waals surface area contributed by atoms with Gasteiger partial charge in [-0.25, -0.2) is 0 Å². The largest absolute Gasteiger partial charge is 0.392 e. The Morgan fingerprint density at radius 2 is 2.31 bits per heavy atom. The summed E-state index contributed by atoms with van der Waals surface area (Å²) in [6.45, 7) is 3.54. The van der Waals surface area contributed by atoms with Crippen molar-refractivity contribution < 1.29 is 5.11 Å². The van der Waals surface area contributed by atoms with Crippen LogP contribution in [0.3, 0.4) is 0 Å². The second kappa shape index (κ2) is 4.74. The summed E-state index contributed by atoms with van der Waals surface area (Å²) in [5.41, 5.74) is 3.85. The smallest absolute Gasteiger partial charge is 0.0684 e. The van der Waals surface area contributed by atoms with Gasteiger partial charge < -0.3 is 15.3 Å². The molecule has 1 aromatic carbocycles. The SMILES string of the molecule is CC(O)CNc1ccc2c(c1)CCCN2C. The number of nitrogens with zero attached hydrogens (tertiary/aromatic N) is 1. The number of hydrogen-bond acceptors (Lipinski definition) is 3. The van der Waals surface area contributed by atoms with Crippen LogP contribution >= 0.6 is 0 Å². The summed E-state index contributed by atoms with van der Waals surface area (Å²) >= 11 is 0. The zero-order valence-corrected chi connectivity index (χ0v) is 10.0. The number of rotatable bonds is 3. The molecule has 1 unspecified atom stereocenters. The third kappa shape index (κ3) is 2.47. The van der Waals surface area contributed by atoms with Gasteiger partial charge in [0.1, 0.15) is 0 Å². The molecule has 1 aliphatic rings. The van der Waals surface area contributed by atoms with Gasteiger partial charge in [-0.3, -0.25) is 0 Å². The quantitative estimate of drug-likeness (QED) is 0.816. The van der Waals surface area contributed by atoms with Crippen molar-refractivity contribution in [3.63, 3.8) is 0 Å². The topological polar surface area (TPSA) is 35.5 Å². The summed E-state index contributed by atoms with van der Waals surface area (Å²) in [6, 6.07) is 6.45. The van der Waals surface area contributed by atoms with Crippen molar-refractivity contribution in [1.29, 1.82) is 0 Å². The lowest BCUT2D eigenvalue weighted by molar-refractivity contribution is 0.208. The number of aliphatic hydroxyl groups excluding tert-OH is 1. The fourth-order valence-electron chi connectivity index (χ4n) is 2.16. The highest BCUT2D eigenvalue weighted by molar-refractivity contribution is 5.62. The number of fused-ring (bicyclic) bond motifs is 1. The van der Waals surface area contributed by atoms with Gasteiger partial charge in [-0.1, -0.05) is 0 Å². The zero-order chi connectivity index (χ0) is 11.5. The minimum atomic E-state index is -0.307. The molecule has 1 heterocycles. The van der Waals surface area contributed by atoms with Gasteiger partial charge in [-0.05, 0) is 43.5 Å². The second-order valence-corrected chi connectivity index (χ2v) is 4.60. The summed E-state index contributed by atoms with van der Waals surface area (Å²) in [4.78, 5) is 2.30. The molecule has 3 nitrogen and oxygen atoms in total. The van der Waals surface area contributed by atoms with Crippen molar-refractivity contribution in [2.45, 2.75) is 25.9 Å². The maximum Gasteiger partial charge on any atom is 0.0684 e. The van der Waals surface area contributed by atoms with Crippen molar-refractivity contribution in [3.05, 3.63) is 23.8 Å². The van der Waals surface area contributed by atoms with E-state index in [0.29, 0.717) is 6.54 Å². The van der Waals surface area contributed by atoms with Crippen molar-refractivity contribution >= 4 is 11.4 Å². The van der Waals surface area contributed by atoms with Crippen molar-refractivity contribution in [3.8, 4) is 0 Å².